The molecule has 1 aliphatic heterocycles. The van der Waals surface area contributed by atoms with E-state index < -0.39 is 10.9 Å². The van der Waals surface area contributed by atoms with Crippen LogP contribution in [0.15, 0.2) is 12.2 Å². The van der Waals surface area contributed by atoms with Crippen LogP contribution in [-0.2, 0) is 9.59 Å². The molecule has 0 bridgehead atoms. The van der Waals surface area contributed by atoms with Gasteiger partial charge in [-0.15, -0.1) is 0 Å². The number of hydrogen-bond acceptors (Lipinski definition) is 4. The van der Waals surface area contributed by atoms with Gasteiger partial charge in [-0.05, 0) is 25.2 Å². The van der Waals surface area contributed by atoms with Crippen LogP contribution in [0, 0.1) is 17.8 Å². The highest BCUT2D eigenvalue weighted by atomic mass is 32.2. The van der Waals surface area contributed by atoms with Gasteiger partial charge in [0.2, 0.25) is 0 Å². The van der Waals surface area contributed by atoms with Crippen LogP contribution < -0.4 is 0 Å². The first-order valence-electron chi connectivity index (χ1n) is 6.57. The molecule has 2 aliphatic rings. The van der Waals surface area contributed by atoms with Crippen LogP contribution in [-0.4, -0.2) is 27.4 Å². The predicted molar refractivity (Wildman–Crippen MR) is 72.2 cm³/mol. The highest BCUT2D eigenvalue weighted by Crippen LogP contribution is 2.50. The van der Waals surface area contributed by atoms with E-state index in [4.69, 9.17) is 0 Å². The van der Waals surface area contributed by atoms with E-state index >= 15 is 0 Å². The number of hydrogen-bond donors (Lipinski definition) is 1. The van der Waals surface area contributed by atoms with E-state index in [2.05, 4.69) is 6.08 Å². The number of thioether (sulfide) groups is 1. The van der Waals surface area contributed by atoms with Crippen LogP contribution in [0.25, 0.3) is 0 Å². The molecular formula is C14H20O3S. The van der Waals surface area contributed by atoms with E-state index in [9.17, 15) is 14.7 Å². The molecule has 2 rings (SSSR count). The summed E-state index contributed by atoms with van der Waals surface area (Å²) < 4.78 is -0.956. The first kappa shape index (κ1) is 13.8. The summed E-state index contributed by atoms with van der Waals surface area (Å²) in [4.78, 5) is 23.4. The summed E-state index contributed by atoms with van der Waals surface area (Å²) in [6.07, 6.45) is 7.07. The van der Waals surface area contributed by atoms with Crippen LogP contribution in [0.5, 0.6) is 0 Å². The second-order valence-electron chi connectivity index (χ2n) is 5.44. The standard InChI is InChI=1S/C14H20O3S/c1-9-10(2)14(8-15,18-13(9)17)12(16)11-6-4-3-5-7-11/h4,6,8-12,16H,3,5,7H2,1-2H3/t9?,10?,11?,12-,14?/m0/s1. The minimum Gasteiger partial charge on any atom is -0.391 e. The summed E-state index contributed by atoms with van der Waals surface area (Å²) in [5.74, 6) is -0.280. The van der Waals surface area contributed by atoms with Crippen molar-refractivity contribution in [2.75, 3.05) is 0 Å². The summed E-state index contributed by atoms with van der Waals surface area (Å²) in [6.45, 7) is 3.74. The fourth-order valence-electron chi connectivity index (χ4n) is 2.92. The second-order valence-corrected chi connectivity index (χ2v) is 6.75. The number of carbonyl (C=O) groups excluding carboxylic acids is 2. The third kappa shape index (κ3) is 2.05. The zero-order valence-electron chi connectivity index (χ0n) is 10.8. The van der Waals surface area contributed by atoms with Crippen molar-refractivity contribution in [3.8, 4) is 0 Å². The van der Waals surface area contributed by atoms with Crippen molar-refractivity contribution in [3.63, 3.8) is 0 Å². The Labute approximate surface area is 112 Å². The molecule has 3 nitrogen and oxygen atoms in total. The Morgan fingerprint density at radius 1 is 1.56 bits per heavy atom. The molecule has 4 heteroatoms. The Hall–Kier alpha value is -0.610. The minimum atomic E-state index is -0.956. The number of rotatable bonds is 3. The molecular weight excluding hydrogens is 248 g/mol. The molecule has 18 heavy (non-hydrogen) atoms. The fraction of sp³-hybridized carbons (Fsp3) is 0.714. The highest BCUT2D eigenvalue weighted by molar-refractivity contribution is 8.15. The average Bonchev–Trinajstić information content (AvgIpc) is 2.64. The summed E-state index contributed by atoms with van der Waals surface area (Å²) in [7, 11) is 0. The molecule has 1 fully saturated rings. The van der Waals surface area contributed by atoms with Gasteiger partial charge in [0.1, 0.15) is 11.0 Å². The molecule has 1 saturated heterocycles. The summed E-state index contributed by atoms with van der Waals surface area (Å²) in [6, 6.07) is 0. The number of allylic oxidation sites excluding steroid dienone is 1. The molecule has 0 aromatic heterocycles. The highest BCUT2D eigenvalue weighted by Gasteiger charge is 2.56. The van der Waals surface area contributed by atoms with Gasteiger partial charge in [0, 0.05) is 11.8 Å². The monoisotopic (exact) mass is 268 g/mol. The van der Waals surface area contributed by atoms with Crippen molar-refractivity contribution in [1.82, 2.24) is 0 Å². The van der Waals surface area contributed by atoms with Crippen molar-refractivity contribution < 1.29 is 14.7 Å². The van der Waals surface area contributed by atoms with Crippen molar-refractivity contribution >= 4 is 23.2 Å². The molecule has 100 valence electrons. The summed E-state index contributed by atoms with van der Waals surface area (Å²) in [5, 5.41) is 10.6. The predicted octanol–water partition coefficient (Wildman–Crippen LogP) is 2.19. The Morgan fingerprint density at radius 3 is 2.72 bits per heavy atom. The topological polar surface area (TPSA) is 54.4 Å². The van der Waals surface area contributed by atoms with Crippen molar-refractivity contribution in [3.05, 3.63) is 12.2 Å². The minimum absolute atomic E-state index is 0.00278. The van der Waals surface area contributed by atoms with Crippen molar-refractivity contribution in [2.45, 2.75) is 44.0 Å². The molecule has 1 heterocycles. The molecule has 1 N–H and O–H groups in total. The lowest BCUT2D eigenvalue weighted by Crippen LogP contribution is -2.48. The lowest BCUT2D eigenvalue weighted by molar-refractivity contribution is -0.116. The molecule has 1 aliphatic carbocycles. The third-order valence-electron chi connectivity index (χ3n) is 4.45. The van der Waals surface area contributed by atoms with Gasteiger partial charge in [0.05, 0.1) is 6.10 Å². The van der Waals surface area contributed by atoms with Gasteiger partial charge in [0.15, 0.2) is 5.12 Å². The number of aldehydes is 1. The lowest BCUT2D eigenvalue weighted by atomic mass is 9.75. The largest absolute Gasteiger partial charge is 0.391 e. The first-order chi connectivity index (χ1) is 8.53. The van der Waals surface area contributed by atoms with Crippen LogP contribution in [0.4, 0.5) is 0 Å². The summed E-state index contributed by atoms with van der Waals surface area (Å²) in [5.41, 5.74) is 0. The van der Waals surface area contributed by atoms with E-state index in [1.807, 2.05) is 19.9 Å². The molecule has 0 aromatic carbocycles. The van der Waals surface area contributed by atoms with Gasteiger partial charge in [-0.25, -0.2) is 0 Å². The maximum Gasteiger partial charge on any atom is 0.193 e. The number of carbonyl (C=O) groups is 2. The van der Waals surface area contributed by atoms with E-state index in [0.29, 0.717) is 0 Å². The van der Waals surface area contributed by atoms with Gasteiger partial charge < -0.3 is 9.90 Å². The van der Waals surface area contributed by atoms with Gasteiger partial charge >= 0.3 is 0 Å². The molecule has 0 spiro atoms. The molecule has 4 unspecified atom stereocenters. The maximum absolute atomic E-state index is 11.8. The van der Waals surface area contributed by atoms with Gasteiger partial charge in [-0.1, -0.05) is 37.8 Å². The third-order valence-corrected chi connectivity index (χ3v) is 6.09. The fourth-order valence-corrected chi connectivity index (χ4v) is 4.39. The smallest absolute Gasteiger partial charge is 0.193 e. The zero-order valence-corrected chi connectivity index (χ0v) is 11.7. The van der Waals surface area contributed by atoms with Crippen molar-refractivity contribution in [1.29, 1.82) is 0 Å². The first-order valence-corrected chi connectivity index (χ1v) is 7.38. The molecule has 0 amide bonds. The van der Waals surface area contributed by atoms with Gasteiger partial charge in [0.25, 0.3) is 0 Å². The molecule has 0 radical (unpaired) electrons. The van der Waals surface area contributed by atoms with E-state index in [-0.39, 0.29) is 22.9 Å². The van der Waals surface area contributed by atoms with E-state index in [0.717, 1.165) is 37.3 Å². The van der Waals surface area contributed by atoms with E-state index in [1.54, 1.807) is 0 Å². The molecule has 0 saturated carbocycles. The average molecular weight is 268 g/mol. The molecule has 0 aromatic rings. The number of aliphatic hydroxyl groups excluding tert-OH is 1. The van der Waals surface area contributed by atoms with Crippen molar-refractivity contribution in [2.24, 2.45) is 17.8 Å². The Bertz CT molecular complexity index is 379. The Balaban J connectivity index is 2.27. The summed E-state index contributed by atoms with van der Waals surface area (Å²) >= 11 is 1.04. The van der Waals surface area contributed by atoms with Gasteiger partial charge in [-0.3, -0.25) is 4.79 Å². The Kier molecular flexibility index (Phi) is 3.97. The molecule has 5 atom stereocenters. The lowest BCUT2D eigenvalue weighted by Gasteiger charge is -2.36. The number of aliphatic hydroxyl groups is 1. The van der Waals surface area contributed by atoms with Crippen LogP contribution in [0.3, 0.4) is 0 Å². The normalized spacial score (nSPS) is 41.9. The van der Waals surface area contributed by atoms with Crippen LogP contribution in [0.1, 0.15) is 33.1 Å². The quantitative estimate of drug-likeness (QED) is 0.629. The SMILES string of the molecule is CC1C(=O)SC(C=O)([C@@H](O)C2C=CCCC2)C1C. The Morgan fingerprint density at radius 2 is 2.28 bits per heavy atom. The second kappa shape index (κ2) is 5.17. The van der Waals surface area contributed by atoms with Crippen LogP contribution >= 0.6 is 11.8 Å². The van der Waals surface area contributed by atoms with Crippen LogP contribution in [0.2, 0.25) is 0 Å². The zero-order chi connectivity index (χ0) is 13.3. The van der Waals surface area contributed by atoms with Gasteiger partial charge in [-0.2, -0.15) is 0 Å². The van der Waals surface area contributed by atoms with E-state index in [1.165, 1.54) is 0 Å². The maximum atomic E-state index is 11.8.